The molecule has 0 aromatic carbocycles. The van der Waals surface area contributed by atoms with Gasteiger partial charge in [-0.3, -0.25) is 14.2 Å². The fourth-order valence-electron chi connectivity index (χ4n) is 5.12. The van der Waals surface area contributed by atoms with Crippen LogP contribution in [-0.2, 0) is 32.7 Å². The highest BCUT2D eigenvalue weighted by Crippen LogP contribution is 2.62. The first kappa shape index (κ1) is 67.2. The second-order valence-electron chi connectivity index (χ2n) is 16.2. The van der Waals surface area contributed by atoms with Crippen molar-refractivity contribution in [3.8, 4) is 0 Å². The second kappa shape index (κ2) is 23.2. The van der Waals surface area contributed by atoms with Crippen LogP contribution in [0.2, 0.25) is 0 Å². The lowest BCUT2D eigenvalue weighted by molar-refractivity contribution is -0.870. The molecule has 0 spiro atoms. The maximum atomic E-state index is 14.0. The van der Waals surface area contributed by atoms with E-state index in [1.807, 2.05) is 0 Å². The summed E-state index contributed by atoms with van der Waals surface area (Å²) in [4.78, 5) is 36.8. The Labute approximate surface area is 378 Å². The van der Waals surface area contributed by atoms with Crippen LogP contribution in [0.15, 0.2) is 0 Å². The Balaban J connectivity index is 5.51. The zero-order chi connectivity index (χ0) is 55.9. The van der Waals surface area contributed by atoms with Crippen LogP contribution in [0.3, 0.4) is 0 Å². The molecular weight excluding hydrogens is 1080 g/mol. The van der Waals surface area contributed by atoms with Gasteiger partial charge < -0.3 is 27.9 Å². The molecular formula is C34H42F26NO8P. The number of alkyl halides is 26. The minimum atomic E-state index is -8.09. The molecule has 418 valence electrons. The summed E-state index contributed by atoms with van der Waals surface area (Å²) in [6.07, 6.45) is -29.9. The largest absolute Gasteiger partial charge is 0.756 e. The average Bonchev–Trinajstić information content (AvgIpc) is 3.16. The molecule has 9 nitrogen and oxygen atoms in total. The van der Waals surface area contributed by atoms with Crippen LogP contribution in [0.5, 0.6) is 0 Å². The minimum absolute atomic E-state index is 0.0611. The summed E-state index contributed by atoms with van der Waals surface area (Å²) < 4.78 is 377. The van der Waals surface area contributed by atoms with Crippen molar-refractivity contribution < 1.29 is 156 Å². The summed E-state index contributed by atoms with van der Waals surface area (Å²) in [5.41, 5.74) is 0. The van der Waals surface area contributed by atoms with E-state index in [0.29, 0.717) is 0 Å². The third kappa shape index (κ3) is 15.8. The summed E-state index contributed by atoms with van der Waals surface area (Å²) in [5, 5.41) is 0. The number of carbonyl (C=O) groups is 2. The van der Waals surface area contributed by atoms with Gasteiger partial charge in [-0.25, -0.2) is 0 Å². The Kier molecular flexibility index (Phi) is 22.2. The third-order valence-electron chi connectivity index (χ3n) is 9.40. The molecule has 1 unspecified atom stereocenters. The number of nitrogens with zero attached hydrogens (tertiary/aromatic N) is 1. The fourth-order valence-corrected chi connectivity index (χ4v) is 5.84. The molecule has 0 amide bonds. The molecule has 0 saturated heterocycles. The number of ether oxygens (including phenoxy) is 2. The summed E-state index contributed by atoms with van der Waals surface area (Å²) in [6, 6.07) is 0. The molecule has 0 aliphatic heterocycles. The minimum Gasteiger partial charge on any atom is -0.756 e. The van der Waals surface area contributed by atoms with Crippen LogP contribution < -0.4 is 4.89 Å². The SMILES string of the molecule is C[N+](C)(C)CCOP(=O)([O-])OC[C@@H](COC(=O)CCCCCCC(F)(F)C(F)(F)C(F)(F)C(F)(F)C(F)(F)C(F)(F)F)OC(=O)CCCCCCC(F)(F)C(F)(F)C(F)(F)C(F)(F)C(F)(F)C(F)(F)F. The van der Waals surface area contributed by atoms with Crippen LogP contribution in [0, 0.1) is 0 Å². The average molecular weight is 1120 g/mol. The highest BCUT2D eigenvalue weighted by Gasteiger charge is 2.92. The molecule has 0 aliphatic carbocycles. The van der Waals surface area contributed by atoms with Gasteiger partial charge in [-0.2, -0.15) is 114 Å². The maximum Gasteiger partial charge on any atom is 0.460 e. The standard InChI is InChI=1S/C34H42F26NO8P/c1-61(2,3)16-17-67-70(64,65)68-19-20(69-22(63)13-9-5-7-11-15-24(37,38)26(41,42)28(45,46)30(49,50)32(53,54)34(58,59)60)18-66-21(62)12-8-4-6-10-14-23(35,36)25(39,40)27(43,44)29(47,48)31(51,52)33(55,56)57/h20H,4-19H2,1-3H3/t20-/m1/s1. The van der Waals surface area contributed by atoms with Gasteiger partial charge in [0.2, 0.25) is 0 Å². The number of quaternary nitrogens is 1. The van der Waals surface area contributed by atoms with Gasteiger partial charge in [0.1, 0.15) is 19.8 Å². The van der Waals surface area contributed by atoms with Crippen molar-refractivity contribution in [2.24, 2.45) is 0 Å². The molecule has 0 saturated carbocycles. The van der Waals surface area contributed by atoms with Gasteiger partial charge >= 0.3 is 83.5 Å². The van der Waals surface area contributed by atoms with Crippen LogP contribution in [0.25, 0.3) is 0 Å². The van der Waals surface area contributed by atoms with Gasteiger partial charge in [-0.15, -0.1) is 0 Å². The molecule has 0 bridgehead atoms. The van der Waals surface area contributed by atoms with Gasteiger partial charge in [0.15, 0.2) is 6.10 Å². The number of phosphoric ester groups is 1. The maximum absolute atomic E-state index is 14.0. The molecule has 0 heterocycles. The zero-order valence-corrected chi connectivity index (χ0v) is 36.8. The Bertz CT molecular complexity index is 1740. The van der Waals surface area contributed by atoms with Crippen molar-refractivity contribution in [1.82, 2.24) is 0 Å². The summed E-state index contributed by atoms with van der Waals surface area (Å²) in [6.45, 7) is -2.74. The molecule has 0 aromatic heterocycles. The first-order chi connectivity index (χ1) is 30.8. The van der Waals surface area contributed by atoms with Gasteiger partial charge in [0.05, 0.1) is 27.7 Å². The topological polar surface area (TPSA) is 111 Å². The Hall–Kier alpha value is -2.81. The number of carbonyl (C=O) groups excluding carboxylic acids is 2. The second-order valence-corrected chi connectivity index (χ2v) is 17.6. The van der Waals surface area contributed by atoms with Gasteiger partial charge in [-0.1, -0.05) is 25.7 Å². The summed E-state index contributed by atoms with van der Waals surface area (Å²) in [7, 11) is -0.412. The lowest BCUT2D eigenvalue weighted by atomic mass is 9.91. The first-order valence-electron chi connectivity index (χ1n) is 19.5. The van der Waals surface area contributed by atoms with Crippen LogP contribution in [-0.4, -0.2) is 142 Å². The van der Waals surface area contributed by atoms with E-state index in [1.165, 1.54) is 0 Å². The number of unbranched alkanes of at least 4 members (excludes halogenated alkanes) is 6. The predicted molar refractivity (Wildman–Crippen MR) is 180 cm³/mol. The van der Waals surface area contributed by atoms with Crippen LogP contribution in [0.4, 0.5) is 114 Å². The molecule has 0 fully saturated rings. The Morgan fingerprint density at radius 3 is 1.13 bits per heavy atom. The van der Waals surface area contributed by atoms with E-state index >= 15 is 0 Å². The smallest absolute Gasteiger partial charge is 0.460 e. The Morgan fingerprint density at radius 2 is 0.786 bits per heavy atom. The highest BCUT2D eigenvalue weighted by atomic mass is 31.2. The van der Waals surface area contributed by atoms with Crippen molar-refractivity contribution in [3.63, 3.8) is 0 Å². The van der Waals surface area contributed by atoms with Crippen molar-refractivity contribution in [2.75, 3.05) is 47.5 Å². The molecule has 0 rings (SSSR count). The molecule has 0 aromatic rings. The number of halogens is 26. The number of rotatable bonds is 32. The van der Waals surface area contributed by atoms with Crippen molar-refractivity contribution in [1.29, 1.82) is 0 Å². The quantitative estimate of drug-likeness (QED) is 0.0215. The third-order valence-corrected chi connectivity index (χ3v) is 10.4. The number of phosphoric acid groups is 1. The summed E-state index contributed by atoms with van der Waals surface area (Å²) >= 11 is 0. The van der Waals surface area contributed by atoms with Crippen molar-refractivity contribution >= 4 is 19.8 Å². The van der Waals surface area contributed by atoms with E-state index in [4.69, 9.17) is 9.47 Å². The van der Waals surface area contributed by atoms with Gasteiger partial charge in [0, 0.05) is 25.7 Å². The van der Waals surface area contributed by atoms with Crippen molar-refractivity contribution in [2.45, 2.75) is 155 Å². The van der Waals surface area contributed by atoms with Gasteiger partial charge in [-0.05, 0) is 25.7 Å². The van der Waals surface area contributed by atoms with E-state index in [1.54, 1.807) is 21.1 Å². The van der Waals surface area contributed by atoms with E-state index in [-0.39, 0.29) is 11.0 Å². The number of hydrogen-bond donors (Lipinski definition) is 0. The predicted octanol–water partition coefficient (Wildman–Crippen LogP) is 11.8. The Morgan fingerprint density at radius 1 is 0.457 bits per heavy atom. The number of hydrogen-bond acceptors (Lipinski definition) is 8. The van der Waals surface area contributed by atoms with Crippen LogP contribution in [0.1, 0.15) is 77.0 Å². The first-order valence-corrected chi connectivity index (χ1v) is 20.9. The van der Waals surface area contributed by atoms with E-state index in [2.05, 4.69) is 9.05 Å². The lowest BCUT2D eigenvalue weighted by Crippen LogP contribution is -2.70. The number of likely N-dealkylation sites (N-methyl/N-ethyl adjacent to an activating group) is 1. The molecule has 70 heavy (non-hydrogen) atoms. The molecule has 0 aliphatic rings. The van der Waals surface area contributed by atoms with Crippen molar-refractivity contribution in [3.05, 3.63) is 0 Å². The molecule has 0 radical (unpaired) electrons. The highest BCUT2D eigenvalue weighted by molar-refractivity contribution is 7.45. The molecule has 36 heteroatoms. The van der Waals surface area contributed by atoms with Crippen LogP contribution >= 0.6 is 7.82 Å². The van der Waals surface area contributed by atoms with E-state index in [0.717, 1.165) is 0 Å². The molecule has 2 atom stereocenters. The number of esters is 2. The zero-order valence-electron chi connectivity index (χ0n) is 35.9. The molecule has 0 N–H and O–H groups in total. The fraction of sp³-hybridized carbons (Fsp3) is 0.941. The van der Waals surface area contributed by atoms with E-state index < -0.39 is 194 Å². The monoisotopic (exact) mass is 1120 g/mol. The summed E-state index contributed by atoms with van der Waals surface area (Å²) in [5.74, 6) is -78.3. The van der Waals surface area contributed by atoms with E-state index in [9.17, 15) is 133 Å². The van der Waals surface area contributed by atoms with Gasteiger partial charge in [0.25, 0.3) is 7.82 Å². The lowest BCUT2D eigenvalue weighted by Gasteiger charge is -2.39. The normalized spacial score (nSPS) is 16.3.